The fraction of sp³-hybridized carbons (Fsp3) is 0.333. The molecule has 2 N–H and O–H groups in total. The van der Waals surface area contributed by atoms with E-state index < -0.39 is 0 Å². The van der Waals surface area contributed by atoms with Crippen molar-refractivity contribution in [2.75, 3.05) is 6.54 Å². The minimum Gasteiger partial charge on any atom is -0.330 e. The SMILES string of the molecule is Cn1c(=O)n(CCCN)c(=O)c2cccc(Br)c21. The molecule has 0 aliphatic carbocycles. The van der Waals surface area contributed by atoms with Crippen LogP contribution in [-0.4, -0.2) is 15.7 Å². The number of rotatable bonds is 3. The molecule has 0 bridgehead atoms. The summed E-state index contributed by atoms with van der Waals surface area (Å²) in [7, 11) is 1.66. The maximum Gasteiger partial charge on any atom is 0.331 e. The van der Waals surface area contributed by atoms with Crippen LogP contribution >= 0.6 is 15.9 Å². The number of benzene rings is 1. The summed E-state index contributed by atoms with van der Waals surface area (Å²) in [5, 5.41) is 0.531. The molecular weight excluding hydrogens is 298 g/mol. The van der Waals surface area contributed by atoms with Crippen molar-refractivity contribution in [2.45, 2.75) is 13.0 Å². The predicted octanol–water partition coefficient (Wildman–Crippen LogP) is 0.812. The van der Waals surface area contributed by atoms with Crippen molar-refractivity contribution in [3.63, 3.8) is 0 Å². The molecule has 0 saturated heterocycles. The zero-order valence-electron chi connectivity index (χ0n) is 10.0. The number of hydrogen-bond donors (Lipinski definition) is 1. The van der Waals surface area contributed by atoms with E-state index in [2.05, 4.69) is 15.9 Å². The molecule has 1 aromatic carbocycles. The Labute approximate surface area is 112 Å². The summed E-state index contributed by atoms with van der Waals surface area (Å²) in [4.78, 5) is 24.4. The number of hydrogen-bond acceptors (Lipinski definition) is 3. The van der Waals surface area contributed by atoms with E-state index in [1.807, 2.05) is 6.07 Å². The third kappa shape index (κ3) is 2.02. The lowest BCUT2D eigenvalue weighted by Crippen LogP contribution is -2.39. The second kappa shape index (κ2) is 5.07. The van der Waals surface area contributed by atoms with Crippen molar-refractivity contribution < 1.29 is 0 Å². The summed E-state index contributed by atoms with van der Waals surface area (Å²) in [6.45, 7) is 0.802. The number of aryl methyl sites for hydroxylation is 1. The highest BCUT2D eigenvalue weighted by Gasteiger charge is 2.12. The number of fused-ring (bicyclic) bond motifs is 1. The Bertz CT molecular complexity index is 703. The Balaban J connectivity index is 2.84. The first-order valence-corrected chi connectivity index (χ1v) is 6.45. The molecule has 6 heteroatoms. The minimum atomic E-state index is -0.312. The molecule has 96 valence electrons. The summed E-state index contributed by atoms with van der Waals surface area (Å²) in [6, 6.07) is 5.32. The Morgan fingerprint density at radius 3 is 2.72 bits per heavy atom. The Kier molecular flexibility index (Phi) is 3.68. The van der Waals surface area contributed by atoms with Crippen LogP contribution < -0.4 is 17.0 Å². The average Bonchev–Trinajstić information content (AvgIpc) is 2.36. The fourth-order valence-corrected chi connectivity index (χ4v) is 2.62. The van der Waals surface area contributed by atoms with Gasteiger partial charge in [0.2, 0.25) is 0 Å². The largest absolute Gasteiger partial charge is 0.331 e. The van der Waals surface area contributed by atoms with Crippen LogP contribution in [0, 0.1) is 0 Å². The smallest absolute Gasteiger partial charge is 0.330 e. The van der Waals surface area contributed by atoms with E-state index in [1.165, 1.54) is 9.13 Å². The van der Waals surface area contributed by atoms with Crippen LogP contribution in [0.4, 0.5) is 0 Å². The van der Waals surface area contributed by atoms with Gasteiger partial charge in [-0.1, -0.05) is 6.07 Å². The highest BCUT2D eigenvalue weighted by Crippen LogP contribution is 2.19. The van der Waals surface area contributed by atoms with Gasteiger partial charge in [0, 0.05) is 18.1 Å². The van der Waals surface area contributed by atoms with Gasteiger partial charge in [0.05, 0.1) is 10.9 Å². The van der Waals surface area contributed by atoms with E-state index in [9.17, 15) is 9.59 Å². The Morgan fingerprint density at radius 1 is 1.33 bits per heavy atom. The predicted molar refractivity (Wildman–Crippen MR) is 74.8 cm³/mol. The maximum atomic E-state index is 12.2. The van der Waals surface area contributed by atoms with E-state index in [4.69, 9.17) is 5.73 Å². The van der Waals surface area contributed by atoms with Crippen LogP contribution in [0.15, 0.2) is 32.3 Å². The number of halogens is 1. The highest BCUT2D eigenvalue weighted by atomic mass is 79.9. The van der Waals surface area contributed by atoms with Crippen molar-refractivity contribution in [2.24, 2.45) is 12.8 Å². The molecule has 0 aliphatic heterocycles. The molecule has 0 saturated carbocycles. The summed E-state index contributed by atoms with van der Waals surface area (Å²) < 4.78 is 3.46. The van der Waals surface area contributed by atoms with Gasteiger partial charge >= 0.3 is 5.69 Å². The fourth-order valence-electron chi connectivity index (χ4n) is 1.98. The molecule has 2 aromatic rings. The minimum absolute atomic E-state index is 0.261. The number of nitrogens with two attached hydrogens (primary N) is 1. The zero-order valence-corrected chi connectivity index (χ0v) is 11.6. The van der Waals surface area contributed by atoms with Crippen LogP contribution in [0.3, 0.4) is 0 Å². The van der Waals surface area contributed by atoms with Crippen LogP contribution in [0.2, 0.25) is 0 Å². The Hall–Kier alpha value is -1.40. The molecule has 1 heterocycles. The number of para-hydroxylation sites is 1. The van der Waals surface area contributed by atoms with Crippen LogP contribution in [0.1, 0.15) is 6.42 Å². The van der Waals surface area contributed by atoms with E-state index in [1.54, 1.807) is 19.2 Å². The first-order valence-electron chi connectivity index (χ1n) is 5.66. The van der Waals surface area contributed by atoms with Crippen molar-refractivity contribution >= 4 is 26.8 Å². The van der Waals surface area contributed by atoms with E-state index >= 15 is 0 Å². The van der Waals surface area contributed by atoms with Gasteiger partial charge in [-0.3, -0.25) is 13.9 Å². The summed E-state index contributed by atoms with van der Waals surface area (Å²) in [5.41, 5.74) is 5.47. The molecule has 0 spiro atoms. The van der Waals surface area contributed by atoms with Crippen LogP contribution in [0.25, 0.3) is 10.9 Å². The van der Waals surface area contributed by atoms with E-state index in [-0.39, 0.29) is 11.2 Å². The zero-order chi connectivity index (χ0) is 13.3. The van der Waals surface area contributed by atoms with Gasteiger partial charge in [-0.15, -0.1) is 0 Å². The van der Waals surface area contributed by atoms with Crippen LogP contribution in [-0.2, 0) is 13.6 Å². The Morgan fingerprint density at radius 2 is 2.06 bits per heavy atom. The van der Waals surface area contributed by atoms with Gasteiger partial charge in [0.1, 0.15) is 0 Å². The molecule has 2 rings (SSSR count). The normalized spacial score (nSPS) is 11.1. The molecule has 0 atom stereocenters. The topological polar surface area (TPSA) is 70.0 Å². The van der Waals surface area contributed by atoms with Gasteiger partial charge in [-0.25, -0.2) is 4.79 Å². The van der Waals surface area contributed by atoms with Crippen molar-refractivity contribution in [1.82, 2.24) is 9.13 Å². The molecule has 0 amide bonds. The lowest BCUT2D eigenvalue weighted by molar-refractivity contribution is 0.579. The van der Waals surface area contributed by atoms with Gasteiger partial charge in [-0.2, -0.15) is 0 Å². The third-order valence-corrected chi connectivity index (χ3v) is 3.54. The summed E-state index contributed by atoms with van der Waals surface area (Å²) in [5.74, 6) is 0. The van der Waals surface area contributed by atoms with Gasteiger partial charge in [-0.05, 0) is 41.0 Å². The highest BCUT2D eigenvalue weighted by molar-refractivity contribution is 9.10. The molecule has 18 heavy (non-hydrogen) atoms. The first-order chi connectivity index (χ1) is 8.57. The first kappa shape index (κ1) is 13.0. The maximum absolute atomic E-state index is 12.2. The average molecular weight is 312 g/mol. The number of nitrogens with zero attached hydrogens (tertiary/aromatic N) is 2. The van der Waals surface area contributed by atoms with Crippen molar-refractivity contribution in [1.29, 1.82) is 0 Å². The standard InChI is InChI=1S/C12H14BrN3O2/c1-15-10-8(4-2-5-9(10)13)11(17)16(12(15)18)7-3-6-14/h2,4-5H,3,6-7,14H2,1H3. The molecular formula is C12H14BrN3O2. The van der Waals surface area contributed by atoms with Crippen molar-refractivity contribution in [3.8, 4) is 0 Å². The van der Waals surface area contributed by atoms with Gasteiger partial charge < -0.3 is 5.73 Å². The van der Waals surface area contributed by atoms with E-state index in [0.29, 0.717) is 30.4 Å². The van der Waals surface area contributed by atoms with Gasteiger partial charge in [0.25, 0.3) is 5.56 Å². The monoisotopic (exact) mass is 311 g/mol. The molecule has 5 nitrogen and oxygen atoms in total. The molecule has 0 aliphatic rings. The summed E-state index contributed by atoms with van der Waals surface area (Å²) >= 11 is 3.37. The lowest BCUT2D eigenvalue weighted by atomic mass is 10.2. The quantitative estimate of drug-likeness (QED) is 0.912. The molecule has 1 aromatic heterocycles. The van der Waals surface area contributed by atoms with Crippen molar-refractivity contribution in [3.05, 3.63) is 43.5 Å². The summed E-state index contributed by atoms with van der Waals surface area (Å²) in [6.07, 6.45) is 0.606. The van der Waals surface area contributed by atoms with Gasteiger partial charge in [0.15, 0.2) is 0 Å². The van der Waals surface area contributed by atoms with Crippen LogP contribution in [0.5, 0.6) is 0 Å². The second-order valence-electron chi connectivity index (χ2n) is 4.08. The van der Waals surface area contributed by atoms with E-state index in [0.717, 1.165) is 4.47 Å². The lowest BCUT2D eigenvalue weighted by Gasteiger charge is -2.11. The third-order valence-electron chi connectivity index (χ3n) is 2.90. The molecule has 0 radical (unpaired) electrons. The number of aromatic nitrogens is 2. The molecule has 0 unspecified atom stereocenters. The molecule has 0 fully saturated rings. The second-order valence-corrected chi connectivity index (χ2v) is 4.93.